The number of aromatic nitrogens is 1. The summed E-state index contributed by atoms with van der Waals surface area (Å²) < 4.78 is 0. The van der Waals surface area contributed by atoms with Gasteiger partial charge in [0.1, 0.15) is 5.70 Å². The van der Waals surface area contributed by atoms with Gasteiger partial charge in [0.05, 0.1) is 24.2 Å². The minimum absolute atomic E-state index is 0.231. The fourth-order valence-corrected chi connectivity index (χ4v) is 3.11. The van der Waals surface area contributed by atoms with Gasteiger partial charge < -0.3 is 10.3 Å². The number of nitrogens with zero attached hydrogens (tertiary/aromatic N) is 2. The molecule has 2 rings (SSSR count). The number of halogens is 1. The van der Waals surface area contributed by atoms with Gasteiger partial charge in [-0.2, -0.15) is 5.26 Å². The van der Waals surface area contributed by atoms with Crippen molar-refractivity contribution in [3.63, 3.8) is 0 Å². The normalized spacial score (nSPS) is 12.4. The van der Waals surface area contributed by atoms with Gasteiger partial charge in [-0.05, 0) is 53.6 Å². The maximum absolute atomic E-state index is 9.26. The molecule has 0 fully saturated rings. The highest BCUT2D eigenvalue weighted by atomic mass is 35.5. The van der Waals surface area contributed by atoms with Crippen LogP contribution in [-0.2, 0) is 0 Å². The van der Waals surface area contributed by atoms with Gasteiger partial charge in [0.2, 0.25) is 0 Å². The van der Waals surface area contributed by atoms with Crippen LogP contribution >= 0.6 is 11.6 Å². The van der Waals surface area contributed by atoms with E-state index in [1.807, 2.05) is 42.6 Å². The molecule has 1 unspecified atom stereocenters. The fourth-order valence-electron chi connectivity index (χ4n) is 2.91. The van der Waals surface area contributed by atoms with Crippen LogP contribution in [0.4, 0.5) is 0 Å². The van der Waals surface area contributed by atoms with E-state index in [0.717, 1.165) is 22.4 Å². The highest BCUT2D eigenvalue weighted by molar-refractivity contribution is 6.30. The second-order valence-electron chi connectivity index (χ2n) is 6.83. The van der Waals surface area contributed by atoms with Gasteiger partial charge in [-0.15, -0.1) is 5.73 Å². The molecular weight excluding hydrogens is 380 g/mol. The predicted molar refractivity (Wildman–Crippen MR) is 122 cm³/mol. The summed E-state index contributed by atoms with van der Waals surface area (Å²) in [6.07, 6.45) is 7.96. The lowest BCUT2D eigenvalue weighted by Gasteiger charge is -2.18. The topological polar surface area (TPSA) is 64.0 Å². The first-order valence-corrected chi connectivity index (χ1v) is 9.68. The number of H-pyrrole nitrogens is 1. The van der Waals surface area contributed by atoms with Crippen LogP contribution in [0.1, 0.15) is 43.1 Å². The minimum Gasteiger partial charge on any atom is -0.369 e. The molecule has 1 atom stereocenters. The first-order chi connectivity index (χ1) is 14.0. The molecule has 2 aromatic rings. The zero-order valence-electron chi connectivity index (χ0n) is 16.7. The summed E-state index contributed by atoms with van der Waals surface area (Å²) in [5.74, 6) is 0.383. The molecule has 0 radical (unpaired) electrons. The molecule has 0 aliphatic rings. The zero-order valence-corrected chi connectivity index (χ0v) is 17.5. The summed E-state index contributed by atoms with van der Waals surface area (Å²) in [5.41, 5.74) is 7.45. The molecule has 0 aliphatic carbocycles. The molecular formula is C24H25ClN4. The van der Waals surface area contributed by atoms with Gasteiger partial charge >= 0.3 is 0 Å². The Morgan fingerprint density at radius 2 is 2.17 bits per heavy atom. The van der Waals surface area contributed by atoms with Crippen molar-refractivity contribution < 1.29 is 0 Å². The van der Waals surface area contributed by atoms with Gasteiger partial charge in [-0.1, -0.05) is 50.2 Å². The summed E-state index contributed by atoms with van der Waals surface area (Å²) in [4.78, 5) is 7.07. The van der Waals surface area contributed by atoms with Crippen LogP contribution < -0.4 is 5.32 Å². The zero-order chi connectivity index (χ0) is 21.2. The molecule has 4 nitrogen and oxygen atoms in total. The molecule has 0 saturated heterocycles. The van der Waals surface area contributed by atoms with Gasteiger partial charge in [0.15, 0.2) is 0 Å². The van der Waals surface area contributed by atoms with Crippen LogP contribution in [-0.4, -0.2) is 11.7 Å². The molecule has 2 N–H and O–H groups in total. The molecule has 0 aliphatic heterocycles. The summed E-state index contributed by atoms with van der Waals surface area (Å²) >= 11 is 6.12. The SMILES string of the molecule is C=C=C(NC(CC#N)c1cccc(Cl)c1)c1cc(C(/C=C\N=C)=C/C(C)C)c[nH]1. The number of nitriles is 1. The number of aliphatic imine (C=N–C) groups is 1. The molecule has 0 amide bonds. The monoisotopic (exact) mass is 404 g/mol. The van der Waals surface area contributed by atoms with E-state index in [4.69, 9.17) is 11.6 Å². The number of aromatic amines is 1. The Morgan fingerprint density at radius 1 is 1.38 bits per heavy atom. The number of benzene rings is 1. The van der Waals surface area contributed by atoms with Crippen LogP contribution in [0.3, 0.4) is 0 Å². The first kappa shape index (κ1) is 22.0. The summed E-state index contributed by atoms with van der Waals surface area (Å²) in [6, 6.07) is 11.5. The third-order valence-electron chi connectivity index (χ3n) is 4.20. The van der Waals surface area contributed by atoms with Crippen LogP contribution in [0.2, 0.25) is 5.02 Å². The lowest BCUT2D eigenvalue weighted by Crippen LogP contribution is -2.19. The molecule has 0 spiro atoms. The Balaban J connectivity index is 2.32. The van der Waals surface area contributed by atoms with Crippen molar-refractivity contribution in [1.82, 2.24) is 10.3 Å². The van der Waals surface area contributed by atoms with Crippen molar-refractivity contribution >= 4 is 29.6 Å². The Kier molecular flexibility index (Phi) is 8.30. The maximum Gasteiger partial charge on any atom is 0.101 e. The molecule has 1 heterocycles. The lowest BCUT2D eigenvalue weighted by molar-refractivity contribution is 0.649. The van der Waals surface area contributed by atoms with Crippen molar-refractivity contribution in [2.24, 2.45) is 10.9 Å². The lowest BCUT2D eigenvalue weighted by atomic mass is 10.0. The summed E-state index contributed by atoms with van der Waals surface area (Å²) in [5, 5.41) is 13.3. The van der Waals surface area contributed by atoms with Crippen molar-refractivity contribution in [2.75, 3.05) is 0 Å². The second kappa shape index (κ2) is 10.9. The van der Waals surface area contributed by atoms with Crippen LogP contribution in [0.15, 0.2) is 72.2 Å². The van der Waals surface area contributed by atoms with E-state index in [0.29, 0.717) is 16.6 Å². The predicted octanol–water partition coefficient (Wildman–Crippen LogP) is 6.29. The van der Waals surface area contributed by atoms with Gasteiger partial charge in [-0.3, -0.25) is 4.99 Å². The molecule has 0 saturated carbocycles. The number of hydrogen-bond donors (Lipinski definition) is 2. The largest absolute Gasteiger partial charge is 0.369 e. The summed E-state index contributed by atoms with van der Waals surface area (Å²) in [7, 11) is 0. The van der Waals surface area contributed by atoms with E-state index in [9.17, 15) is 5.26 Å². The number of rotatable bonds is 9. The van der Waals surface area contributed by atoms with Gasteiger partial charge in [0.25, 0.3) is 0 Å². The molecule has 0 bridgehead atoms. The smallest absolute Gasteiger partial charge is 0.101 e. The molecule has 29 heavy (non-hydrogen) atoms. The quantitative estimate of drug-likeness (QED) is 0.293. The third kappa shape index (κ3) is 6.40. The average molecular weight is 405 g/mol. The third-order valence-corrected chi connectivity index (χ3v) is 4.43. The Morgan fingerprint density at radius 3 is 2.79 bits per heavy atom. The van der Waals surface area contributed by atoms with Gasteiger partial charge in [-0.25, -0.2) is 0 Å². The van der Waals surface area contributed by atoms with Crippen LogP contribution in [0.5, 0.6) is 0 Å². The van der Waals surface area contributed by atoms with Crippen molar-refractivity contribution in [1.29, 1.82) is 5.26 Å². The highest BCUT2D eigenvalue weighted by Gasteiger charge is 2.15. The Labute approximate surface area is 177 Å². The summed E-state index contributed by atoms with van der Waals surface area (Å²) in [6.45, 7) is 11.5. The van der Waals surface area contributed by atoms with Crippen molar-refractivity contribution in [2.45, 2.75) is 26.3 Å². The van der Waals surface area contributed by atoms with Crippen molar-refractivity contribution in [3.8, 4) is 6.07 Å². The Hall–Kier alpha value is -3.25. The van der Waals surface area contributed by atoms with E-state index < -0.39 is 0 Å². The van der Waals surface area contributed by atoms with E-state index in [1.165, 1.54) is 0 Å². The fraction of sp³-hybridized carbons (Fsp3) is 0.208. The maximum atomic E-state index is 9.26. The van der Waals surface area contributed by atoms with E-state index in [1.54, 1.807) is 6.20 Å². The number of allylic oxidation sites excluding steroid dienone is 3. The Bertz CT molecular complexity index is 998. The van der Waals surface area contributed by atoms with Crippen molar-refractivity contribution in [3.05, 3.63) is 89.0 Å². The van der Waals surface area contributed by atoms with E-state index in [-0.39, 0.29) is 12.5 Å². The van der Waals surface area contributed by atoms with E-state index >= 15 is 0 Å². The molecule has 148 valence electrons. The first-order valence-electron chi connectivity index (χ1n) is 9.30. The molecule has 1 aromatic heterocycles. The average Bonchev–Trinajstić information content (AvgIpc) is 3.18. The minimum atomic E-state index is -0.231. The molecule has 1 aromatic carbocycles. The van der Waals surface area contributed by atoms with E-state index in [2.05, 4.69) is 60.3 Å². The number of hydrogen-bond acceptors (Lipinski definition) is 3. The number of nitrogens with one attached hydrogen (secondary N) is 2. The second-order valence-corrected chi connectivity index (χ2v) is 7.27. The van der Waals surface area contributed by atoms with Gasteiger partial charge in [0, 0.05) is 17.4 Å². The van der Waals surface area contributed by atoms with Crippen LogP contribution in [0.25, 0.3) is 11.3 Å². The highest BCUT2D eigenvalue weighted by Crippen LogP contribution is 2.26. The standard InChI is InChI=1S/C24H25ClN4/c1-5-22(29-23(9-11-26)19-7-6-8-21(25)14-19)24-15-20(16-28-24)18(10-12-27-4)13-17(2)3/h6-8,10,12-17,23,28-29H,1,4,9H2,2-3H3/b12-10-,18-13+. The van der Waals surface area contributed by atoms with Crippen LogP contribution in [0, 0.1) is 17.2 Å². The molecule has 5 heteroatoms.